The first-order valence-corrected chi connectivity index (χ1v) is 7.63. The molecule has 2 aromatic carbocycles. The zero-order valence-electron chi connectivity index (χ0n) is 11.3. The van der Waals surface area contributed by atoms with Crippen LogP contribution in [0.2, 0.25) is 0 Å². The molecular weight excluding hydrogens is 268 g/mol. The summed E-state index contributed by atoms with van der Waals surface area (Å²) >= 11 is 1.61. The Morgan fingerprint density at radius 3 is 2.65 bits per heavy atom. The van der Waals surface area contributed by atoms with Crippen LogP contribution in [0.25, 0.3) is 10.9 Å². The summed E-state index contributed by atoms with van der Waals surface area (Å²) < 4.78 is 2.02. The molecule has 0 amide bonds. The number of rotatable bonds is 4. The molecule has 0 saturated carbocycles. The Bertz CT molecular complexity index is 736. The lowest BCUT2D eigenvalue weighted by Gasteiger charge is -2.02. The van der Waals surface area contributed by atoms with E-state index >= 15 is 0 Å². The predicted molar refractivity (Wildman–Crippen MR) is 83.1 cm³/mol. The van der Waals surface area contributed by atoms with Crippen molar-refractivity contribution in [3.63, 3.8) is 0 Å². The van der Waals surface area contributed by atoms with Gasteiger partial charge in [0.05, 0.1) is 11.2 Å². The van der Waals surface area contributed by atoms with Crippen molar-refractivity contribution in [3.05, 3.63) is 54.2 Å². The number of phenols is 1. The largest absolute Gasteiger partial charge is 0.507 e. The Hall–Kier alpha value is -1.94. The first-order valence-electron chi connectivity index (χ1n) is 6.65. The van der Waals surface area contributed by atoms with Gasteiger partial charge in [-0.15, -0.1) is 11.8 Å². The summed E-state index contributed by atoms with van der Waals surface area (Å²) in [6.45, 7) is 2.96. The van der Waals surface area contributed by atoms with Crippen molar-refractivity contribution in [3.8, 4) is 5.75 Å². The summed E-state index contributed by atoms with van der Waals surface area (Å²) in [6.07, 6.45) is 0. The maximum Gasteiger partial charge on any atom is 0.129 e. The Labute approximate surface area is 122 Å². The van der Waals surface area contributed by atoms with Crippen molar-refractivity contribution in [2.45, 2.75) is 24.1 Å². The second kappa shape index (κ2) is 5.59. The third-order valence-corrected chi connectivity index (χ3v) is 4.34. The third kappa shape index (κ3) is 2.39. The van der Waals surface area contributed by atoms with Gasteiger partial charge in [0.2, 0.25) is 0 Å². The van der Waals surface area contributed by atoms with Gasteiger partial charge in [0, 0.05) is 22.6 Å². The molecule has 1 heterocycles. The van der Waals surface area contributed by atoms with Gasteiger partial charge in [-0.3, -0.25) is 4.68 Å². The molecule has 1 N–H and O–H groups in total. The minimum absolute atomic E-state index is 0.330. The standard InChI is InChI=1S/C16H16N2OS/c1-2-18-14-8-4-3-7-12(14)13(17-18)11-20-16-10-6-5-9-15(16)19/h3-10,19H,2,11H2,1H3. The van der Waals surface area contributed by atoms with Crippen LogP contribution < -0.4 is 0 Å². The molecule has 3 nitrogen and oxygen atoms in total. The molecule has 0 aliphatic heterocycles. The van der Waals surface area contributed by atoms with Gasteiger partial charge in [0.15, 0.2) is 0 Å². The van der Waals surface area contributed by atoms with Crippen LogP contribution in [0.5, 0.6) is 5.75 Å². The van der Waals surface area contributed by atoms with Crippen LogP contribution in [0, 0.1) is 0 Å². The third-order valence-electron chi connectivity index (χ3n) is 3.26. The molecule has 0 atom stereocenters. The first kappa shape index (κ1) is 13.1. The number of hydrogen-bond acceptors (Lipinski definition) is 3. The number of benzene rings is 2. The number of hydrogen-bond donors (Lipinski definition) is 1. The molecule has 3 aromatic rings. The molecule has 0 unspecified atom stereocenters. The smallest absolute Gasteiger partial charge is 0.129 e. The van der Waals surface area contributed by atoms with Crippen molar-refractivity contribution in [1.29, 1.82) is 0 Å². The van der Waals surface area contributed by atoms with Gasteiger partial charge >= 0.3 is 0 Å². The molecule has 0 radical (unpaired) electrons. The molecule has 1 aromatic heterocycles. The minimum atomic E-state index is 0.330. The summed E-state index contributed by atoms with van der Waals surface area (Å²) in [4.78, 5) is 0.891. The quantitative estimate of drug-likeness (QED) is 0.734. The van der Waals surface area contributed by atoms with E-state index in [9.17, 15) is 5.11 Å². The van der Waals surface area contributed by atoms with Crippen LogP contribution in [0.3, 0.4) is 0 Å². The number of aromatic nitrogens is 2. The highest BCUT2D eigenvalue weighted by Crippen LogP contribution is 2.32. The fourth-order valence-electron chi connectivity index (χ4n) is 2.27. The predicted octanol–water partition coefficient (Wildman–Crippen LogP) is 4.05. The SMILES string of the molecule is CCn1nc(CSc2ccccc2O)c2ccccc21. The van der Waals surface area contributed by atoms with Gasteiger partial charge < -0.3 is 5.11 Å². The Morgan fingerprint density at radius 1 is 1.10 bits per heavy atom. The number of aryl methyl sites for hydroxylation is 1. The number of thioether (sulfide) groups is 1. The molecule has 0 aliphatic rings. The molecule has 3 rings (SSSR count). The molecule has 4 heteroatoms. The number of aromatic hydroxyl groups is 1. The van der Waals surface area contributed by atoms with Gasteiger partial charge in [0.1, 0.15) is 5.75 Å². The van der Waals surface area contributed by atoms with Crippen LogP contribution >= 0.6 is 11.8 Å². The normalized spacial score (nSPS) is 11.1. The van der Waals surface area contributed by atoms with E-state index in [1.54, 1.807) is 17.8 Å². The van der Waals surface area contributed by atoms with Crippen molar-refractivity contribution in [1.82, 2.24) is 9.78 Å². The highest BCUT2D eigenvalue weighted by atomic mass is 32.2. The Balaban J connectivity index is 1.90. The van der Waals surface area contributed by atoms with Crippen molar-refractivity contribution in [2.75, 3.05) is 0 Å². The molecule has 0 fully saturated rings. The molecule has 0 bridgehead atoms. The number of phenolic OH excluding ortho intramolecular Hbond substituents is 1. The van der Waals surface area contributed by atoms with Gasteiger partial charge in [-0.25, -0.2) is 0 Å². The molecule has 0 saturated heterocycles. The molecular formula is C16H16N2OS. The molecule has 102 valence electrons. The maximum atomic E-state index is 9.81. The van der Waals surface area contributed by atoms with E-state index in [0.717, 1.165) is 22.9 Å². The van der Waals surface area contributed by atoms with E-state index in [1.165, 1.54) is 10.9 Å². The maximum absolute atomic E-state index is 9.81. The zero-order valence-corrected chi connectivity index (χ0v) is 12.1. The number of nitrogens with zero attached hydrogens (tertiary/aromatic N) is 2. The lowest BCUT2D eigenvalue weighted by molar-refractivity contribution is 0.462. The minimum Gasteiger partial charge on any atom is -0.507 e. The Morgan fingerprint density at radius 2 is 1.85 bits per heavy atom. The van der Waals surface area contributed by atoms with E-state index < -0.39 is 0 Å². The fourth-order valence-corrected chi connectivity index (χ4v) is 3.17. The Kier molecular flexibility index (Phi) is 3.65. The fraction of sp³-hybridized carbons (Fsp3) is 0.188. The van der Waals surface area contributed by atoms with E-state index in [4.69, 9.17) is 0 Å². The van der Waals surface area contributed by atoms with E-state index in [1.807, 2.05) is 35.0 Å². The number of para-hydroxylation sites is 2. The topological polar surface area (TPSA) is 38.0 Å². The summed E-state index contributed by atoms with van der Waals surface area (Å²) in [5.74, 6) is 1.09. The highest BCUT2D eigenvalue weighted by Gasteiger charge is 2.10. The average molecular weight is 284 g/mol. The van der Waals surface area contributed by atoms with Gasteiger partial charge in [-0.05, 0) is 25.1 Å². The van der Waals surface area contributed by atoms with Crippen LogP contribution in [-0.4, -0.2) is 14.9 Å². The van der Waals surface area contributed by atoms with Crippen LogP contribution in [0.15, 0.2) is 53.4 Å². The average Bonchev–Trinajstić information content (AvgIpc) is 2.85. The summed E-state index contributed by atoms with van der Waals surface area (Å²) in [7, 11) is 0. The second-order valence-corrected chi connectivity index (χ2v) is 5.55. The van der Waals surface area contributed by atoms with Crippen LogP contribution in [-0.2, 0) is 12.3 Å². The van der Waals surface area contributed by atoms with E-state index in [0.29, 0.717) is 5.75 Å². The summed E-state index contributed by atoms with van der Waals surface area (Å²) in [5.41, 5.74) is 2.23. The lowest BCUT2D eigenvalue weighted by atomic mass is 10.2. The van der Waals surface area contributed by atoms with Gasteiger partial charge in [0.25, 0.3) is 0 Å². The molecule has 0 aliphatic carbocycles. The summed E-state index contributed by atoms with van der Waals surface area (Å²) in [6, 6.07) is 15.7. The van der Waals surface area contributed by atoms with Crippen LogP contribution in [0.1, 0.15) is 12.6 Å². The van der Waals surface area contributed by atoms with Crippen molar-refractivity contribution < 1.29 is 5.11 Å². The van der Waals surface area contributed by atoms with Crippen molar-refractivity contribution in [2.24, 2.45) is 0 Å². The summed E-state index contributed by atoms with van der Waals surface area (Å²) in [5, 5.41) is 15.7. The van der Waals surface area contributed by atoms with E-state index in [2.05, 4.69) is 24.2 Å². The second-order valence-electron chi connectivity index (χ2n) is 4.54. The monoisotopic (exact) mass is 284 g/mol. The van der Waals surface area contributed by atoms with E-state index in [-0.39, 0.29) is 0 Å². The zero-order chi connectivity index (χ0) is 13.9. The van der Waals surface area contributed by atoms with Gasteiger partial charge in [-0.2, -0.15) is 5.10 Å². The number of fused-ring (bicyclic) bond motifs is 1. The molecule has 20 heavy (non-hydrogen) atoms. The van der Waals surface area contributed by atoms with Crippen LogP contribution in [0.4, 0.5) is 0 Å². The van der Waals surface area contributed by atoms with Crippen molar-refractivity contribution >= 4 is 22.7 Å². The highest BCUT2D eigenvalue weighted by molar-refractivity contribution is 7.98. The van der Waals surface area contributed by atoms with Gasteiger partial charge in [-0.1, -0.05) is 30.3 Å². The first-order chi connectivity index (χ1) is 9.79. The molecule has 0 spiro atoms. The lowest BCUT2D eigenvalue weighted by Crippen LogP contribution is -1.96.